The predicted molar refractivity (Wildman–Crippen MR) is 69.1 cm³/mol. The second kappa shape index (κ2) is 9.64. The van der Waals surface area contributed by atoms with Crippen molar-refractivity contribution < 1.29 is 4.79 Å². The van der Waals surface area contributed by atoms with E-state index in [0.717, 1.165) is 17.9 Å². The highest BCUT2D eigenvalue weighted by molar-refractivity contribution is 5.42. The van der Waals surface area contributed by atoms with E-state index in [9.17, 15) is 0 Å². The van der Waals surface area contributed by atoms with Crippen LogP contribution in [0.4, 0.5) is 0 Å². The van der Waals surface area contributed by atoms with E-state index in [1.54, 1.807) is 0 Å². The number of carbonyl (C=O) groups excluding carboxylic acids is 1. The van der Waals surface area contributed by atoms with E-state index in [4.69, 9.17) is 4.79 Å². The van der Waals surface area contributed by atoms with Crippen LogP contribution >= 0.6 is 0 Å². The van der Waals surface area contributed by atoms with Gasteiger partial charge in [0.1, 0.15) is 0 Å². The number of fused-ring (bicyclic) bond motifs is 1. The zero-order valence-electron chi connectivity index (χ0n) is 11.0. The van der Waals surface area contributed by atoms with Crippen molar-refractivity contribution in [1.82, 2.24) is 5.32 Å². The fourth-order valence-electron chi connectivity index (χ4n) is 2.75. The van der Waals surface area contributed by atoms with Crippen LogP contribution in [-0.4, -0.2) is 19.0 Å². The van der Waals surface area contributed by atoms with Gasteiger partial charge in [0.2, 0.25) is 6.41 Å². The molecule has 0 aromatic heterocycles. The average molecular weight is 228 g/mol. The van der Waals surface area contributed by atoms with Crippen LogP contribution < -0.4 is 11.1 Å². The van der Waals surface area contributed by atoms with Crippen LogP contribution in [0, 0.1) is 11.8 Å². The average Bonchev–Trinajstić information content (AvgIpc) is 2.32. The van der Waals surface area contributed by atoms with E-state index in [1.807, 2.05) is 13.8 Å². The molecule has 0 aromatic carbocycles. The summed E-state index contributed by atoms with van der Waals surface area (Å²) in [6.45, 7) is 7.62. The molecule has 96 valence electrons. The van der Waals surface area contributed by atoms with Gasteiger partial charge in [-0.05, 0) is 38.1 Å². The number of nitrogens with one attached hydrogen (secondary N) is 1. The lowest BCUT2D eigenvalue weighted by atomic mass is 9.74. The van der Waals surface area contributed by atoms with Gasteiger partial charge >= 0.3 is 0 Å². The zero-order valence-corrected chi connectivity index (χ0v) is 11.0. The van der Waals surface area contributed by atoms with Crippen LogP contribution in [0.2, 0.25) is 0 Å². The van der Waals surface area contributed by atoms with Crippen molar-refractivity contribution in [2.45, 2.75) is 58.9 Å². The molecule has 2 aliphatic rings. The predicted octanol–water partition coefficient (Wildman–Crippen LogP) is 2.30. The van der Waals surface area contributed by atoms with E-state index >= 15 is 0 Å². The molecule has 16 heavy (non-hydrogen) atoms. The Labute approximate surface area is 100 Å². The molecule has 3 atom stereocenters. The fraction of sp³-hybridized carbons (Fsp3) is 0.923. The van der Waals surface area contributed by atoms with E-state index in [-0.39, 0.29) is 6.41 Å². The zero-order chi connectivity index (χ0) is 12.4. The molecule has 0 spiro atoms. The number of carbonyl (C=O) groups is 1. The number of amides is 1. The highest BCUT2D eigenvalue weighted by Gasteiger charge is 2.29. The first kappa shape index (κ1) is 15.4. The Morgan fingerprint density at radius 1 is 1.19 bits per heavy atom. The molecule has 2 rings (SSSR count). The van der Waals surface area contributed by atoms with Crippen LogP contribution in [0.25, 0.3) is 0 Å². The third kappa shape index (κ3) is 5.50. The van der Waals surface area contributed by atoms with Gasteiger partial charge in [-0.15, -0.1) is 0 Å². The van der Waals surface area contributed by atoms with Gasteiger partial charge in [0.25, 0.3) is 0 Å². The van der Waals surface area contributed by atoms with Gasteiger partial charge in [-0.25, -0.2) is 0 Å². The third-order valence-electron chi connectivity index (χ3n) is 3.45. The van der Waals surface area contributed by atoms with Crippen molar-refractivity contribution in [2.75, 3.05) is 6.54 Å². The molecule has 0 bridgehead atoms. The highest BCUT2D eigenvalue weighted by atomic mass is 16.1. The summed E-state index contributed by atoms with van der Waals surface area (Å²) in [6.07, 6.45) is 7.66. The van der Waals surface area contributed by atoms with E-state index in [0.29, 0.717) is 0 Å². The van der Waals surface area contributed by atoms with Crippen LogP contribution in [0.1, 0.15) is 52.9 Å². The second-order valence-electron chi connectivity index (χ2n) is 4.49. The molecule has 3 unspecified atom stereocenters. The Morgan fingerprint density at radius 2 is 1.69 bits per heavy atom. The van der Waals surface area contributed by atoms with Gasteiger partial charge in [0, 0.05) is 6.04 Å². The Hall–Kier alpha value is -0.570. The fourth-order valence-corrected chi connectivity index (χ4v) is 2.75. The van der Waals surface area contributed by atoms with E-state index in [1.165, 1.54) is 38.6 Å². The first-order valence-electron chi connectivity index (χ1n) is 6.66. The number of nitrogens with two attached hydrogens (primary N) is 1. The Kier molecular flexibility index (Phi) is 9.30. The molecule has 1 saturated heterocycles. The lowest BCUT2D eigenvalue weighted by molar-refractivity contribution is -0.106. The van der Waals surface area contributed by atoms with Gasteiger partial charge < -0.3 is 11.1 Å². The maximum absolute atomic E-state index is 8.58. The second-order valence-corrected chi connectivity index (χ2v) is 4.49. The summed E-state index contributed by atoms with van der Waals surface area (Å²) >= 11 is 0. The molecular formula is C13H28N2O. The largest absolute Gasteiger partial charge is 0.372 e. The van der Waals surface area contributed by atoms with Crippen molar-refractivity contribution >= 4 is 6.41 Å². The molecule has 3 heteroatoms. The number of hydrogen-bond acceptors (Lipinski definition) is 2. The lowest BCUT2D eigenvalue weighted by Crippen LogP contribution is -2.43. The SMILES string of the molecule is CC.CC1CC2CCCCC2CN1.NC=O. The van der Waals surface area contributed by atoms with Crippen molar-refractivity contribution in [3.05, 3.63) is 0 Å². The normalized spacial score (nSPS) is 32.1. The number of rotatable bonds is 0. The molecular weight excluding hydrogens is 200 g/mol. The smallest absolute Gasteiger partial charge is 0.204 e. The molecule has 1 aliphatic heterocycles. The minimum Gasteiger partial charge on any atom is -0.372 e. The van der Waals surface area contributed by atoms with Crippen molar-refractivity contribution in [2.24, 2.45) is 17.6 Å². The van der Waals surface area contributed by atoms with Gasteiger partial charge in [-0.3, -0.25) is 4.79 Å². The van der Waals surface area contributed by atoms with Crippen molar-refractivity contribution in [3.63, 3.8) is 0 Å². The van der Waals surface area contributed by atoms with Gasteiger partial charge in [-0.1, -0.05) is 33.1 Å². The Balaban J connectivity index is 0.000000394. The number of primary amides is 1. The molecule has 1 saturated carbocycles. The summed E-state index contributed by atoms with van der Waals surface area (Å²) in [5.74, 6) is 2.10. The summed E-state index contributed by atoms with van der Waals surface area (Å²) in [5.41, 5.74) is 4.17. The molecule has 0 aromatic rings. The summed E-state index contributed by atoms with van der Waals surface area (Å²) in [6, 6.07) is 0.786. The van der Waals surface area contributed by atoms with Crippen LogP contribution in [0.15, 0.2) is 0 Å². The molecule has 1 heterocycles. The lowest BCUT2D eigenvalue weighted by Gasteiger charge is -2.38. The van der Waals surface area contributed by atoms with E-state index < -0.39 is 0 Å². The first-order valence-corrected chi connectivity index (χ1v) is 6.66. The van der Waals surface area contributed by atoms with Gasteiger partial charge in [0.15, 0.2) is 0 Å². The molecule has 3 N–H and O–H groups in total. The minimum atomic E-state index is 0.250. The maximum Gasteiger partial charge on any atom is 0.204 e. The number of hydrogen-bond donors (Lipinski definition) is 2. The molecule has 3 nitrogen and oxygen atoms in total. The summed E-state index contributed by atoms with van der Waals surface area (Å²) < 4.78 is 0. The topological polar surface area (TPSA) is 55.1 Å². The Morgan fingerprint density at radius 3 is 2.25 bits per heavy atom. The monoisotopic (exact) mass is 228 g/mol. The Bertz CT molecular complexity index is 173. The molecule has 1 aliphatic carbocycles. The van der Waals surface area contributed by atoms with Gasteiger partial charge in [0.05, 0.1) is 0 Å². The minimum absolute atomic E-state index is 0.250. The highest BCUT2D eigenvalue weighted by Crippen LogP contribution is 2.34. The van der Waals surface area contributed by atoms with Crippen LogP contribution in [-0.2, 0) is 4.79 Å². The molecule has 1 amide bonds. The van der Waals surface area contributed by atoms with Crippen molar-refractivity contribution in [1.29, 1.82) is 0 Å². The quantitative estimate of drug-likeness (QED) is 0.625. The number of piperidine rings is 1. The first-order chi connectivity index (χ1) is 7.77. The van der Waals surface area contributed by atoms with Crippen LogP contribution in [0.3, 0.4) is 0 Å². The summed E-state index contributed by atoms with van der Waals surface area (Å²) in [4.78, 5) is 8.58. The third-order valence-corrected chi connectivity index (χ3v) is 3.45. The molecule has 2 fully saturated rings. The van der Waals surface area contributed by atoms with E-state index in [2.05, 4.69) is 18.0 Å². The van der Waals surface area contributed by atoms with Gasteiger partial charge in [-0.2, -0.15) is 0 Å². The maximum atomic E-state index is 8.58. The van der Waals surface area contributed by atoms with Crippen LogP contribution in [0.5, 0.6) is 0 Å². The molecule has 0 radical (unpaired) electrons. The summed E-state index contributed by atoms with van der Waals surface area (Å²) in [7, 11) is 0. The summed E-state index contributed by atoms with van der Waals surface area (Å²) in [5, 5.41) is 3.58. The van der Waals surface area contributed by atoms with Crippen molar-refractivity contribution in [3.8, 4) is 0 Å². The standard InChI is InChI=1S/C10H19N.C2H6.CH3NO/c1-8-6-9-4-2-3-5-10(9)7-11-8;1-2;2-1-3/h8-11H,2-7H2,1H3;1-2H3;1H,(H2,2,3).